The maximum Gasteiger partial charge on any atom is 0.205 e. The van der Waals surface area contributed by atoms with E-state index in [1.165, 1.54) is 0 Å². The second-order valence-corrected chi connectivity index (χ2v) is 5.43. The lowest BCUT2D eigenvalue weighted by Gasteiger charge is -2.05. The summed E-state index contributed by atoms with van der Waals surface area (Å²) < 4.78 is 5.44. The number of fused-ring (bicyclic) bond motifs is 1. The predicted octanol–water partition coefficient (Wildman–Crippen LogP) is 5.18. The fourth-order valence-corrected chi connectivity index (χ4v) is 2.31. The van der Waals surface area contributed by atoms with Gasteiger partial charge < -0.3 is 15.0 Å². The van der Waals surface area contributed by atoms with Crippen LogP contribution in [0.2, 0.25) is 10.0 Å². The Morgan fingerprint density at radius 3 is 2.64 bits per heavy atom. The summed E-state index contributed by atoms with van der Waals surface area (Å²) in [5.41, 5.74) is 2.47. The smallest absolute Gasteiger partial charge is 0.205 e. The quantitative estimate of drug-likeness (QED) is 0.632. The van der Waals surface area contributed by atoms with E-state index in [9.17, 15) is 0 Å². The Balaban J connectivity index is 1.79. The lowest BCUT2D eigenvalue weighted by Crippen LogP contribution is -1.94. The molecular weight excluding hydrogens is 321 g/mol. The molecule has 1 aromatic heterocycles. The number of nitrogens with zero attached hydrogens (tertiary/aromatic N) is 1. The average Bonchev–Trinajstić information content (AvgIpc) is 2.88. The second kappa shape index (κ2) is 6.30. The van der Waals surface area contributed by atoms with Gasteiger partial charge in [-0.3, -0.25) is 0 Å². The van der Waals surface area contributed by atoms with Crippen LogP contribution in [-0.2, 0) is 0 Å². The van der Waals surface area contributed by atoms with Crippen molar-refractivity contribution in [3.05, 3.63) is 59.1 Å². The van der Waals surface area contributed by atoms with Gasteiger partial charge in [-0.25, -0.2) is 4.98 Å². The third kappa shape index (κ3) is 3.18. The second-order valence-electron chi connectivity index (χ2n) is 4.62. The van der Waals surface area contributed by atoms with E-state index in [1.54, 1.807) is 18.2 Å². The molecule has 0 atom stereocenters. The monoisotopic (exact) mass is 333 g/mol. The molecule has 22 heavy (non-hydrogen) atoms. The Hall–Kier alpha value is -2.17. The lowest BCUT2D eigenvalue weighted by atomic mass is 10.3. The Bertz CT molecular complexity index is 773. The highest BCUT2D eigenvalue weighted by atomic mass is 35.5. The van der Waals surface area contributed by atoms with E-state index in [1.807, 2.05) is 24.3 Å². The van der Waals surface area contributed by atoms with Crippen molar-refractivity contribution in [2.24, 2.45) is 0 Å². The maximum atomic E-state index is 6.00. The van der Waals surface area contributed by atoms with Gasteiger partial charge in [0.25, 0.3) is 0 Å². The minimum absolute atomic E-state index is 0.482. The van der Waals surface area contributed by atoms with Crippen LogP contribution in [0.4, 0.5) is 11.6 Å². The number of anilines is 2. The SMILES string of the molecule is C=CCOc1ccc(Nc2nc3cc(Cl)c(Cl)cc3[nH]2)cc1. The molecule has 112 valence electrons. The molecule has 2 N–H and O–H groups in total. The Kier molecular flexibility index (Phi) is 4.22. The van der Waals surface area contributed by atoms with Crippen molar-refractivity contribution < 1.29 is 4.74 Å². The number of hydrogen-bond donors (Lipinski definition) is 2. The molecule has 0 aliphatic rings. The number of rotatable bonds is 5. The van der Waals surface area contributed by atoms with E-state index in [0.717, 1.165) is 22.5 Å². The molecule has 0 aliphatic heterocycles. The third-order valence-electron chi connectivity index (χ3n) is 3.01. The lowest BCUT2D eigenvalue weighted by molar-refractivity contribution is 0.363. The van der Waals surface area contributed by atoms with Crippen molar-refractivity contribution in [3.8, 4) is 5.75 Å². The molecule has 4 nitrogen and oxygen atoms in total. The van der Waals surface area contributed by atoms with Gasteiger partial charge in [0.15, 0.2) is 0 Å². The summed E-state index contributed by atoms with van der Waals surface area (Å²) >= 11 is 12.0. The molecule has 6 heteroatoms. The van der Waals surface area contributed by atoms with Crippen LogP contribution < -0.4 is 10.1 Å². The summed E-state index contributed by atoms with van der Waals surface area (Å²) in [5, 5.41) is 4.16. The van der Waals surface area contributed by atoms with Gasteiger partial charge in [-0.05, 0) is 36.4 Å². The van der Waals surface area contributed by atoms with E-state index in [-0.39, 0.29) is 0 Å². The number of imidazole rings is 1. The van der Waals surface area contributed by atoms with Crippen molar-refractivity contribution in [1.29, 1.82) is 0 Å². The molecule has 0 amide bonds. The fourth-order valence-electron chi connectivity index (χ4n) is 1.99. The molecule has 1 heterocycles. The Morgan fingerprint density at radius 2 is 1.91 bits per heavy atom. The number of halogens is 2. The molecule has 0 unspecified atom stereocenters. The Labute approximate surface area is 137 Å². The van der Waals surface area contributed by atoms with Crippen LogP contribution in [0.25, 0.3) is 11.0 Å². The van der Waals surface area contributed by atoms with Crippen molar-refractivity contribution in [3.63, 3.8) is 0 Å². The van der Waals surface area contributed by atoms with E-state index in [0.29, 0.717) is 22.6 Å². The fraction of sp³-hybridized carbons (Fsp3) is 0.0625. The zero-order valence-corrected chi connectivity index (χ0v) is 13.1. The molecule has 3 aromatic rings. The Morgan fingerprint density at radius 1 is 1.18 bits per heavy atom. The highest BCUT2D eigenvalue weighted by Crippen LogP contribution is 2.28. The molecule has 2 aromatic carbocycles. The van der Waals surface area contributed by atoms with Gasteiger partial charge in [0, 0.05) is 5.69 Å². The molecule has 0 radical (unpaired) electrons. The minimum Gasteiger partial charge on any atom is -0.490 e. The molecule has 0 spiro atoms. The van der Waals surface area contributed by atoms with Gasteiger partial charge in [0.1, 0.15) is 12.4 Å². The van der Waals surface area contributed by atoms with Crippen molar-refractivity contribution in [2.75, 3.05) is 11.9 Å². The number of benzene rings is 2. The largest absolute Gasteiger partial charge is 0.490 e. The maximum absolute atomic E-state index is 6.00. The first-order valence-electron chi connectivity index (χ1n) is 6.61. The van der Waals surface area contributed by atoms with E-state index >= 15 is 0 Å². The topological polar surface area (TPSA) is 49.9 Å². The predicted molar refractivity (Wildman–Crippen MR) is 91.5 cm³/mol. The number of nitrogens with one attached hydrogen (secondary N) is 2. The van der Waals surface area contributed by atoms with Crippen LogP contribution in [0, 0.1) is 0 Å². The first kappa shape index (κ1) is 14.8. The summed E-state index contributed by atoms with van der Waals surface area (Å²) in [7, 11) is 0. The first-order valence-corrected chi connectivity index (χ1v) is 7.37. The molecule has 0 aliphatic carbocycles. The van der Waals surface area contributed by atoms with Crippen LogP contribution in [0.15, 0.2) is 49.1 Å². The molecule has 0 saturated carbocycles. The van der Waals surface area contributed by atoms with Crippen molar-refractivity contribution in [2.45, 2.75) is 0 Å². The molecule has 0 saturated heterocycles. The molecular formula is C16H13Cl2N3O. The van der Waals surface area contributed by atoms with E-state index < -0.39 is 0 Å². The van der Waals surface area contributed by atoms with Gasteiger partial charge in [-0.1, -0.05) is 35.9 Å². The highest BCUT2D eigenvalue weighted by Gasteiger charge is 2.07. The molecule has 0 bridgehead atoms. The van der Waals surface area contributed by atoms with E-state index in [2.05, 4.69) is 21.9 Å². The minimum atomic E-state index is 0.482. The number of hydrogen-bond acceptors (Lipinski definition) is 3. The zero-order chi connectivity index (χ0) is 15.5. The van der Waals surface area contributed by atoms with E-state index in [4.69, 9.17) is 27.9 Å². The van der Waals surface area contributed by atoms with Gasteiger partial charge in [-0.15, -0.1) is 0 Å². The zero-order valence-electron chi connectivity index (χ0n) is 11.6. The molecule has 3 rings (SSSR count). The van der Waals surface area contributed by atoms with Gasteiger partial charge in [0.05, 0.1) is 21.1 Å². The summed E-state index contributed by atoms with van der Waals surface area (Å²) in [6.07, 6.45) is 1.71. The first-order chi connectivity index (χ1) is 10.7. The number of aromatic nitrogens is 2. The number of ether oxygens (including phenoxy) is 1. The normalized spacial score (nSPS) is 10.6. The number of H-pyrrole nitrogens is 1. The van der Waals surface area contributed by atoms with Gasteiger partial charge in [0.2, 0.25) is 5.95 Å². The van der Waals surface area contributed by atoms with Crippen LogP contribution >= 0.6 is 23.2 Å². The summed E-state index contributed by atoms with van der Waals surface area (Å²) in [5.74, 6) is 1.40. The highest BCUT2D eigenvalue weighted by molar-refractivity contribution is 6.42. The third-order valence-corrected chi connectivity index (χ3v) is 3.73. The standard InChI is InChI=1S/C16H13Cl2N3O/c1-2-7-22-11-5-3-10(4-6-11)19-16-20-14-8-12(17)13(18)9-15(14)21-16/h2-6,8-9H,1,7H2,(H2,19,20,21). The summed E-state index contributed by atoms with van der Waals surface area (Å²) in [6, 6.07) is 11.1. The average molecular weight is 334 g/mol. The number of aromatic amines is 1. The van der Waals surface area contributed by atoms with Gasteiger partial charge in [-0.2, -0.15) is 0 Å². The molecule has 0 fully saturated rings. The van der Waals surface area contributed by atoms with Crippen LogP contribution in [0.3, 0.4) is 0 Å². The van der Waals surface area contributed by atoms with Crippen LogP contribution in [0.5, 0.6) is 5.75 Å². The van der Waals surface area contributed by atoms with Crippen LogP contribution in [0.1, 0.15) is 0 Å². The summed E-state index contributed by atoms with van der Waals surface area (Å²) in [4.78, 5) is 7.58. The van der Waals surface area contributed by atoms with Crippen LogP contribution in [-0.4, -0.2) is 16.6 Å². The van der Waals surface area contributed by atoms with Crippen molar-refractivity contribution >= 4 is 45.9 Å². The van der Waals surface area contributed by atoms with Gasteiger partial charge >= 0.3 is 0 Å². The summed E-state index contributed by atoms with van der Waals surface area (Å²) in [6.45, 7) is 4.10. The van der Waals surface area contributed by atoms with Crippen molar-refractivity contribution in [1.82, 2.24) is 9.97 Å².